The summed E-state index contributed by atoms with van der Waals surface area (Å²) in [6.07, 6.45) is 7.84. The van der Waals surface area contributed by atoms with Crippen LogP contribution < -0.4 is 9.80 Å². The highest BCUT2D eigenvalue weighted by Crippen LogP contribution is 2.40. The quantitative estimate of drug-likeness (QED) is 0.852. The van der Waals surface area contributed by atoms with Crippen molar-refractivity contribution in [2.24, 2.45) is 5.41 Å². The van der Waals surface area contributed by atoms with Crippen molar-refractivity contribution in [2.45, 2.75) is 19.3 Å². The largest absolute Gasteiger partial charge is 0.356 e. The molecule has 2 saturated heterocycles. The van der Waals surface area contributed by atoms with E-state index in [4.69, 9.17) is 0 Å². The second kappa shape index (κ2) is 5.76. The van der Waals surface area contributed by atoms with Gasteiger partial charge in [0.25, 0.3) is 0 Å². The van der Waals surface area contributed by atoms with Gasteiger partial charge in [-0.15, -0.1) is 0 Å². The van der Waals surface area contributed by atoms with Crippen molar-refractivity contribution in [1.29, 1.82) is 0 Å². The lowest BCUT2D eigenvalue weighted by atomic mass is 9.79. The molecule has 2 aliphatic rings. The van der Waals surface area contributed by atoms with E-state index in [1.165, 1.54) is 18.8 Å². The van der Waals surface area contributed by atoms with Crippen LogP contribution in [0.5, 0.6) is 0 Å². The van der Waals surface area contributed by atoms with Gasteiger partial charge in [0.05, 0.1) is 12.4 Å². The third kappa shape index (κ3) is 2.85. The van der Waals surface area contributed by atoms with Crippen molar-refractivity contribution in [2.75, 3.05) is 36.0 Å². The lowest BCUT2D eigenvalue weighted by Gasteiger charge is -2.40. The number of pyridine rings is 1. The van der Waals surface area contributed by atoms with E-state index in [1.807, 2.05) is 18.3 Å². The second-order valence-electron chi connectivity index (χ2n) is 6.59. The monoisotopic (exact) mass is 313 g/mol. The zero-order chi connectivity index (χ0) is 15.7. The van der Waals surface area contributed by atoms with E-state index in [1.54, 1.807) is 0 Å². The summed E-state index contributed by atoms with van der Waals surface area (Å²) in [4.78, 5) is 17.3. The smallest absolute Gasteiger partial charge is 0.225 e. The van der Waals surface area contributed by atoms with Crippen LogP contribution in [0.3, 0.4) is 0 Å². The van der Waals surface area contributed by atoms with Crippen LogP contribution in [0.2, 0.25) is 0 Å². The molecule has 1 spiro atoms. The van der Waals surface area contributed by atoms with Gasteiger partial charge in [-0.25, -0.2) is 19.3 Å². The highest BCUT2D eigenvalue weighted by molar-refractivity contribution is 5.41. The van der Waals surface area contributed by atoms with Crippen LogP contribution >= 0.6 is 0 Å². The molecule has 4 rings (SSSR count). The molecule has 5 nitrogen and oxygen atoms in total. The van der Waals surface area contributed by atoms with E-state index in [2.05, 4.69) is 30.8 Å². The van der Waals surface area contributed by atoms with Gasteiger partial charge in [0.15, 0.2) is 5.82 Å². The van der Waals surface area contributed by atoms with E-state index in [0.717, 1.165) is 44.8 Å². The molecule has 2 aromatic rings. The Labute approximate surface area is 135 Å². The third-order valence-electron chi connectivity index (χ3n) is 4.96. The average molecular weight is 313 g/mol. The van der Waals surface area contributed by atoms with Crippen LogP contribution in [0, 0.1) is 11.2 Å². The van der Waals surface area contributed by atoms with Gasteiger partial charge in [0.2, 0.25) is 5.95 Å². The number of halogens is 1. The number of anilines is 2. The number of nitrogens with zero attached hydrogens (tertiary/aromatic N) is 5. The molecule has 1 atom stereocenters. The molecule has 23 heavy (non-hydrogen) atoms. The summed E-state index contributed by atoms with van der Waals surface area (Å²) in [5.74, 6) is 1.31. The lowest BCUT2D eigenvalue weighted by Crippen LogP contribution is -2.45. The van der Waals surface area contributed by atoms with Gasteiger partial charge in [0.1, 0.15) is 5.82 Å². The zero-order valence-electron chi connectivity index (χ0n) is 13.0. The van der Waals surface area contributed by atoms with Crippen LogP contribution in [0.25, 0.3) is 0 Å². The van der Waals surface area contributed by atoms with Gasteiger partial charge in [-0.2, -0.15) is 0 Å². The fraction of sp³-hybridized carbons (Fsp3) is 0.471. The molecule has 0 N–H and O–H groups in total. The second-order valence-corrected chi connectivity index (χ2v) is 6.59. The predicted octanol–water partition coefficient (Wildman–Crippen LogP) is 2.51. The summed E-state index contributed by atoms with van der Waals surface area (Å²) in [5, 5.41) is 0. The van der Waals surface area contributed by atoms with Gasteiger partial charge in [-0.3, -0.25) is 0 Å². The molecule has 2 aliphatic heterocycles. The molecule has 2 aromatic heterocycles. The Balaban J connectivity index is 1.50. The van der Waals surface area contributed by atoms with Crippen molar-refractivity contribution in [1.82, 2.24) is 15.0 Å². The van der Waals surface area contributed by atoms with Gasteiger partial charge in [-0.05, 0) is 31.4 Å². The SMILES string of the molecule is Fc1cnc(N2CCC[C@]3(CCN(c4ccccn4)C3)C2)nc1. The molecular weight excluding hydrogens is 293 g/mol. The molecule has 0 unspecified atom stereocenters. The predicted molar refractivity (Wildman–Crippen MR) is 86.9 cm³/mol. The first-order valence-corrected chi connectivity index (χ1v) is 8.13. The van der Waals surface area contributed by atoms with Crippen LogP contribution in [-0.4, -0.2) is 41.1 Å². The summed E-state index contributed by atoms with van der Waals surface area (Å²) >= 11 is 0. The minimum Gasteiger partial charge on any atom is -0.356 e. The first-order chi connectivity index (χ1) is 11.2. The first-order valence-electron chi connectivity index (χ1n) is 8.13. The Morgan fingerprint density at radius 1 is 0.957 bits per heavy atom. The number of hydrogen-bond acceptors (Lipinski definition) is 5. The van der Waals surface area contributed by atoms with Crippen molar-refractivity contribution in [3.8, 4) is 0 Å². The maximum absolute atomic E-state index is 13.0. The summed E-state index contributed by atoms with van der Waals surface area (Å²) in [7, 11) is 0. The Kier molecular flexibility index (Phi) is 3.59. The number of aromatic nitrogens is 3. The summed E-state index contributed by atoms with van der Waals surface area (Å²) in [5.41, 5.74) is 0.257. The fourth-order valence-corrected chi connectivity index (χ4v) is 3.85. The maximum atomic E-state index is 13.0. The molecular formula is C17H20FN5. The molecule has 0 aliphatic carbocycles. The first kappa shape index (κ1) is 14.4. The molecule has 0 saturated carbocycles. The molecule has 0 bridgehead atoms. The van der Waals surface area contributed by atoms with Crippen molar-refractivity contribution in [3.05, 3.63) is 42.6 Å². The normalized spacial score (nSPS) is 24.4. The van der Waals surface area contributed by atoms with E-state index in [9.17, 15) is 4.39 Å². The van der Waals surface area contributed by atoms with Crippen molar-refractivity contribution < 1.29 is 4.39 Å². The summed E-state index contributed by atoms with van der Waals surface area (Å²) in [6.45, 7) is 3.93. The highest BCUT2D eigenvalue weighted by atomic mass is 19.1. The summed E-state index contributed by atoms with van der Waals surface area (Å²) in [6, 6.07) is 6.05. The van der Waals surface area contributed by atoms with Crippen molar-refractivity contribution in [3.63, 3.8) is 0 Å². The zero-order valence-corrected chi connectivity index (χ0v) is 13.0. The Morgan fingerprint density at radius 3 is 2.57 bits per heavy atom. The highest BCUT2D eigenvalue weighted by Gasteiger charge is 2.42. The number of rotatable bonds is 2. The minimum absolute atomic E-state index is 0.257. The molecule has 4 heterocycles. The minimum atomic E-state index is -0.386. The molecule has 120 valence electrons. The van der Waals surface area contributed by atoms with E-state index in [-0.39, 0.29) is 11.2 Å². The number of hydrogen-bond donors (Lipinski definition) is 0. The maximum Gasteiger partial charge on any atom is 0.225 e. The lowest BCUT2D eigenvalue weighted by molar-refractivity contribution is 0.262. The van der Waals surface area contributed by atoms with E-state index >= 15 is 0 Å². The molecule has 0 aromatic carbocycles. The fourth-order valence-electron chi connectivity index (χ4n) is 3.85. The number of piperidine rings is 1. The van der Waals surface area contributed by atoms with Gasteiger partial charge < -0.3 is 9.80 Å². The van der Waals surface area contributed by atoms with E-state index in [0.29, 0.717) is 5.95 Å². The van der Waals surface area contributed by atoms with E-state index < -0.39 is 0 Å². The Bertz CT molecular complexity index is 662. The van der Waals surface area contributed by atoms with Crippen molar-refractivity contribution >= 4 is 11.8 Å². The molecule has 0 radical (unpaired) electrons. The third-order valence-corrected chi connectivity index (χ3v) is 4.96. The van der Waals surface area contributed by atoms with Crippen LogP contribution in [0.15, 0.2) is 36.8 Å². The summed E-state index contributed by atoms with van der Waals surface area (Å²) < 4.78 is 13.0. The molecule has 0 amide bonds. The van der Waals surface area contributed by atoms with Gasteiger partial charge >= 0.3 is 0 Å². The van der Waals surface area contributed by atoms with Crippen LogP contribution in [0.1, 0.15) is 19.3 Å². The standard InChI is InChI=1S/C17H20FN5/c18-14-10-20-16(21-11-14)23-8-3-5-17(13-23)6-9-22(12-17)15-4-1-2-7-19-15/h1-2,4,7,10-11H,3,5-6,8-9,12-13H2/t17-/m1/s1. The van der Waals surface area contributed by atoms with Gasteiger partial charge in [0, 0.05) is 37.8 Å². The van der Waals surface area contributed by atoms with Crippen LogP contribution in [0.4, 0.5) is 16.2 Å². The van der Waals surface area contributed by atoms with Gasteiger partial charge in [-0.1, -0.05) is 6.07 Å². The molecule has 6 heteroatoms. The Morgan fingerprint density at radius 2 is 1.78 bits per heavy atom. The molecule has 2 fully saturated rings. The van der Waals surface area contributed by atoms with Crippen LogP contribution in [-0.2, 0) is 0 Å². The Hall–Kier alpha value is -2.24. The average Bonchev–Trinajstić information content (AvgIpc) is 3.00. The topological polar surface area (TPSA) is 45.2 Å².